The van der Waals surface area contributed by atoms with Gasteiger partial charge in [0.25, 0.3) is 0 Å². The second kappa shape index (κ2) is 6.46. The van der Waals surface area contributed by atoms with Crippen LogP contribution in [0.3, 0.4) is 0 Å². The van der Waals surface area contributed by atoms with E-state index in [-0.39, 0.29) is 11.7 Å². The molecular formula is C15H20N4O3. The van der Waals surface area contributed by atoms with Gasteiger partial charge >= 0.3 is 5.97 Å². The third kappa shape index (κ3) is 3.03. The van der Waals surface area contributed by atoms with E-state index in [1.165, 1.54) is 0 Å². The number of ether oxygens (including phenoxy) is 1. The van der Waals surface area contributed by atoms with Crippen molar-refractivity contribution in [1.29, 1.82) is 0 Å². The number of rotatable bonds is 6. The maximum absolute atomic E-state index is 11.4. The van der Waals surface area contributed by atoms with Crippen molar-refractivity contribution in [3.63, 3.8) is 0 Å². The van der Waals surface area contributed by atoms with Gasteiger partial charge < -0.3 is 15.6 Å². The predicted molar refractivity (Wildman–Crippen MR) is 83.0 cm³/mol. The second-order valence-electron chi connectivity index (χ2n) is 5.23. The smallest absolute Gasteiger partial charge is 0.358 e. The Kier molecular flexibility index (Phi) is 4.65. The molecule has 0 bridgehead atoms. The van der Waals surface area contributed by atoms with Gasteiger partial charge in [-0.1, -0.05) is 12.1 Å². The molecule has 0 unspecified atom stereocenters. The highest BCUT2D eigenvalue weighted by molar-refractivity contribution is 5.93. The molecule has 0 radical (unpaired) electrons. The summed E-state index contributed by atoms with van der Waals surface area (Å²) in [5.41, 5.74) is 7.46. The van der Waals surface area contributed by atoms with Crippen LogP contribution in [0.2, 0.25) is 0 Å². The summed E-state index contributed by atoms with van der Waals surface area (Å²) < 4.78 is 7.11. The van der Waals surface area contributed by atoms with E-state index in [1.807, 2.05) is 20.8 Å². The van der Waals surface area contributed by atoms with Crippen molar-refractivity contribution >= 4 is 11.7 Å². The van der Waals surface area contributed by atoms with Crippen LogP contribution in [-0.2, 0) is 0 Å². The number of hydrogen-bond acceptors (Lipinski definition) is 5. The van der Waals surface area contributed by atoms with Crippen molar-refractivity contribution < 1.29 is 14.6 Å². The molecule has 1 aromatic heterocycles. The van der Waals surface area contributed by atoms with E-state index in [0.717, 1.165) is 6.42 Å². The molecule has 2 rings (SSSR count). The first-order chi connectivity index (χ1) is 10.5. The van der Waals surface area contributed by atoms with E-state index >= 15 is 0 Å². The van der Waals surface area contributed by atoms with Crippen molar-refractivity contribution in [2.45, 2.75) is 33.2 Å². The molecule has 0 aliphatic carbocycles. The minimum Gasteiger partial charge on any atom is -0.491 e. The summed E-state index contributed by atoms with van der Waals surface area (Å²) in [4.78, 5) is 11.4. The number of hydrogen-bond donors (Lipinski definition) is 2. The SMILES string of the molecule is CCCOc1ccc(-c2c(C(=O)O)nnn2C(C)C)cc1N. The third-order valence-corrected chi connectivity index (χ3v) is 3.13. The highest BCUT2D eigenvalue weighted by Crippen LogP contribution is 2.31. The van der Waals surface area contributed by atoms with Crippen LogP contribution in [0.4, 0.5) is 5.69 Å². The van der Waals surface area contributed by atoms with E-state index in [2.05, 4.69) is 10.3 Å². The Morgan fingerprint density at radius 1 is 1.45 bits per heavy atom. The molecule has 22 heavy (non-hydrogen) atoms. The Labute approximate surface area is 128 Å². The average molecular weight is 304 g/mol. The third-order valence-electron chi connectivity index (χ3n) is 3.13. The fourth-order valence-electron chi connectivity index (χ4n) is 2.11. The first kappa shape index (κ1) is 15.8. The zero-order chi connectivity index (χ0) is 16.3. The minimum atomic E-state index is -1.12. The van der Waals surface area contributed by atoms with Gasteiger partial charge in [0.1, 0.15) is 11.4 Å². The number of anilines is 1. The Balaban J connectivity index is 2.49. The lowest BCUT2D eigenvalue weighted by atomic mass is 10.1. The van der Waals surface area contributed by atoms with Crippen LogP contribution in [0.15, 0.2) is 18.2 Å². The zero-order valence-corrected chi connectivity index (χ0v) is 12.9. The molecule has 1 aromatic carbocycles. The summed E-state index contributed by atoms with van der Waals surface area (Å²) in [5.74, 6) is -0.530. The quantitative estimate of drug-likeness (QED) is 0.795. The number of nitrogens with zero attached hydrogens (tertiary/aromatic N) is 3. The monoisotopic (exact) mass is 304 g/mol. The van der Waals surface area contributed by atoms with Crippen molar-refractivity contribution in [3.8, 4) is 17.0 Å². The normalized spacial score (nSPS) is 10.9. The second-order valence-corrected chi connectivity index (χ2v) is 5.23. The van der Waals surface area contributed by atoms with E-state index < -0.39 is 5.97 Å². The molecular weight excluding hydrogens is 284 g/mol. The Bertz CT molecular complexity index is 679. The number of aromatic nitrogens is 3. The number of carboxylic acid groups (broad SMARTS) is 1. The molecule has 0 saturated carbocycles. The van der Waals surface area contributed by atoms with Gasteiger partial charge in [0.2, 0.25) is 0 Å². The van der Waals surface area contributed by atoms with Crippen LogP contribution in [-0.4, -0.2) is 32.7 Å². The first-order valence-electron chi connectivity index (χ1n) is 7.16. The lowest BCUT2D eigenvalue weighted by molar-refractivity contribution is 0.0691. The highest BCUT2D eigenvalue weighted by atomic mass is 16.5. The summed E-state index contributed by atoms with van der Waals surface area (Å²) in [6.45, 7) is 6.41. The molecule has 0 spiro atoms. The Hall–Kier alpha value is -2.57. The van der Waals surface area contributed by atoms with E-state index in [0.29, 0.717) is 29.3 Å². The van der Waals surface area contributed by atoms with Gasteiger partial charge in [-0.2, -0.15) is 0 Å². The summed E-state index contributed by atoms with van der Waals surface area (Å²) in [6.07, 6.45) is 0.883. The number of benzene rings is 1. The molecule has 0 aliphatic heterocycles. The van der Waals surface area contributed by atoms with Crippen molar-refractivity contribution in [2.75, 3.05) is 12.3 Å². The molecule has 0 amide bonds. The van der Waals surface area contributed by atoms with Gasteiger partial charge in [0.15, 0.2) is 5.69 Å². The van der Waals surface area contributed by atoms with Gasteiger partial charge in [0, 0.05) is 11.6 Å². The van der Waals surface area contributed by atoms with Crippen molar-refractivity contribution in [3.05, 3.63) is 23.9 Å². The average Bonchev–Trinajstić information content (AvgIpc) is 2.91. The molecule has 3 N–H and O–H groups in total. The van der Waals surface area contributed by atoms with Crippen LogP contribution in [0.25, 0.3) is 11.3 Å². The first-order valence-corrected chi connectivity index (χ1v) is 7.16. The number of nitrogen functional groups attached to an aromatic ring is 1. The lowest BCUT2D eigenvalue weighted by Gasteiger charge is -2.13. The summed E-state index contributed by atoms with van der Waals surface area (Å²) in [5, 5.41) is 17.0. The maximum atomic E-state index is 11.4. The molecule has 0 fully saturated rings. The van der Waals surface area contributed by atoms with Gasteiger partial charge in [0.05, 0.1) is 12.3 Å². The topological polar surface area (TPSA) is 103 Å². The van der Waals surface area contributed by atoms with Crippen LogP contribution in [0.5, 0.6) is 5.75 Å². The molecule has 0 atom stereocenters. The highest BCUT2D eigenvalue weighted by Gasteiger charge is 2.22. The zero-order valence-electron chi connectivity index (χ0n) is 12.9. The van der Waals surface area contributed by atoms with Gasteiger partial charge in [-0.3, -0.25) is 0 Å². The molecule has 0 saturated heterocycles. The maximum Gasteiger partial charge on any atom is 0.358 e. The van der Waals surface area contributed by atoms with Gasteiger partial charge in [-0.15, -0.1) is 5.10 Å². The van der Waals surface area contributed by atoms with Crippen LogP contribution >= 0.6 is 0 Å². The molecule has 7 nitrogen and oxygen atoms in total. The summed E-state index contributed by atoms with van der Waals surface area (Å²) >= 11 is 0. The lowest BCUT2D eigenvalue weighted by Crippen LogP contribution is -2.07. The Morgan fingerprint density at radius 3 is 2.73 bits per heavy atom. The minimum absolute atomic E-state index is 0.0205. The predicted octanol–water partition coefficient (Wildman–Crippen LogP) is 2.60. The molecule has 2 aromatic rings. The van der Waals surface area contributed by atoms with Crippen LogP contribution in [0.1, 0.15) is 43.7 Å². The Morgan fingerprint density at radius 2 is 2.18 bits per heavy atom. The number of carboxylic acids is 1. The number of carbonyl (C=O) groups is 1. The van der Waals surface area contributed by atoms with E-state index in [9.17, 15) is 9.90 Å². The standard InChI is InChI=1S/C15H20N4O3/c1-4-7-22-12-6-5-10(8-11(12)16)14-13(15(20)21)17-18-19(14)9(2)3/h5-6,8-9H,4,7,16H2,1-3H3,(H,20,21). The largest absolute Gasteiger partial charge is 0.491 e. The molecule has 1 heterocycles. The van der Waals surface area contributed by atoms with Crippen molar-refractivity contribution in [1.82, 2.24) is 15.0 Å². The van der Waals surface area contributed by atoms with Gasteiger partial charge in [-0.25, -0.2) is 9.48 Å². The number of aromatic carboxylic acids is 1. The van der Waals surface area contributed by atoms with Crippen LogP contribution in [0, 0.1) is 0 Å². The summed E-state index contributed by atoms with van der Waals surface area (Å²) in [7, 11) is 0. The summed E-state index contributed by atoms with van der Waals surface area (Å²) in [6, 6.07) is 5.18. The van der Waals surface area contributed by atoms with Crippen molar-refractivity contribution in [2.24, 2.45) is 0 Å². The fraction of sp³-hybridized carbons (Fsp3) is 0.400. The van der Waals surface area contributed by atoms with Gasteiger partial charge in [-0.05, 0) is 38.5 Å². The molecule has 7 heteroatoms. The van der Waals surface area contributed by atoms with Crippen LogP contribution < -0.4 is 10.5 Å². The fourth-order valence-corrected chi connectivity index (χ4v) is 2.11. The van der Waals surface area contributed by atoms with E-state index in [4.69, 9.17) is 10.5 Å². The van der Waals surface area contributed by atoms with E-state index in [1.54, 1.807) is 22.9 Å². The molecule has 118 valence electrons. The number of nitrogens with two attached hydrogens (primary N) is 1. The molecule has 0 aliphatic rings.